The zero-order valence-corrected chi connectivity index (χ0v) is 12.1. The molecule has 5 heteroatoms. The molecular weight excluding hydrogens is 274 g/mol. The number of hydrogen-bond donors (Lipinski definition) is 2. The molecule has 1 aliphatic rings. The molecule has 0 saturated heterocycles. The minimum absolute atomic E-state index is 0.115. The molecule has 0 saturated carbocycles. The number of nitrogens with zero attached hydrogens (tertiary/aromatic N) is 1. The third kappa shape index (κ3) is 3.27. The van der Waals surface area contributed by atoms with Crippen molar-refractivity contribution in [2.75, 3.05) is 6.54 Å². The summed E-state index contributed by atoms with van der Waals surface area (Å²) >= 11 is 5.55. The van der Waals surface area contributed by atoms with Gasteiger partial charge in [-0.2, -0.15) is 0 Å². The lowest BCUT2D eigenvalue weighted by Crippen LogP contribution is -2.49. The van der Waals surface area contributed by atoms with Crippen LogP contribution >= 0.6 is 11.8 Å². The summed E-state index contributed by atoms with van der Waals surface area (Å²) in [6.45, 7) is 6.10. The van der Waals surface area contributed by atoms with Gasteiger partial charge in [0.15, 0.2) is 0 Å². The van der Waals surface area contributed by atoms with E-state index in [-0.39, 0.29) is 6.04 Å². The lowest BCUT2D eigenvalue weighted by atomic mass is 9.95. The second kappa shape index (κ2) is 6.99. The molecule has 0 amide bonds. The van der Waals surface area contributed by atoms with Gasteiger partial charge in [-0.1, -0.05) is 24.3 Å². The molecule has 0 bridgehead atoms. The van der Waals surface area contributed by atoms with E-state index in [4.69, 9.17) is 17.5 Å². The summed E-state index contributed by atoms with van der Waals surface area (Å²) in [5, 5.41) is 0. The first kappa shape index (κ1) is 15.2. The van der Waals surface area contributed by atoms with Gasteiger partial charge in [0.2, 0.25) is 0 Å². The molecule has 0 aromatic heterocycles. The van der Waals surface area contributed by atoms with E-state index in [9.17, 15) is 4.79 Å². The Morgan fingerprint density at radius 3 is 2.95 bits per heavy atom. The van der Waals surface area contributed by atoms with E-state index in [0.717, 1.165) is 31.4 Å². The predicted octanol–water partition coefficient (Wildman–Crippen LogP) is 1.37. The van der Waals surface area contributed by atoms with Gasteiger partial charge in [-0.05, 0) is 34.9 Å². The molecule has 108 valence electrons. The van der Waals surface area contributed by atoms with Gasteiger partial charge in [0.1, 0.15) is 6.29 Å². The van der Waals surface area contributed by atoms with E-state index in [1.165, 1.54) is 11.1 Å². The molecule has 0 fully saturated rings. The summed E-state index contributed by atoms with van der Waals surface area (Å²) in [5.74, 6) is 0. The summed E-state index contributed by atoms with van der Waals surface area (Å²) in [6, 6.07) is 5.76. The van der Waals surface area contributed by atoms with E-state index < -0.39 is 6.04 Å². The zero-order chi connectivity index (χ0) is 14.5. The van der Waals surface area contributed by atoms with E-state index in [1.54, 1.807) is 6.08 Å². The average Bonchev–Trinajstić information content (AvgIpc) is 2.47. The Labute approximate surface area is 124 Å². The Hall–Kier alpha value is -1.20. The van der Waals surface area contributed by atoms with Crippen LogP contribution in [0.15, 0.2) is 30.9 Å². The second-order valence-corrected chi connectivity index (χ2v) is 5.34. The number of carbonyl (C=O) groups is 1. The van der Waals surface area contributed by atoms with Crippen LogP contribution in [0.5, 0.6) is 0 Å². The molecule has 1 aliphatic heterocycles. The van der Waals surface area contributed by atoms with E-state index in [0.29, 0.717) is 6.54 Å². The highest BCUT2D eigenvalue weighted by Gasteiger charge is 2.25. The lowest BCUT2D eigenvalue weighted by molar-refractivity contribution is -0.109. The van der Waals surface area contributed by atoms with Crippen LogP contribution in [0, 0.1) is 0 Å². The minimum Gasteiger partial charge on any atom is -0.320 e. The molecule has 4 nitrogen and oxygen atoms in total. The van der Waals surface area contributed by atoms with Crippen LogP contribution in [-0.4, -0.2) is 29.8 Å². The molecule has 2 unspecified atom stereocenters. The van der Waals surface area contributed by atoms with E-state index >= 15 is 0 Å². The van der Waals surface area contributed by atoms with Crippen molar-refractivity contribution in [3.05, 3.63) is 47.5 Å². The van der Waals surface area contributed by atoms with Crippen LogP contribution in [0.3, 0.4) is 0 Å². The third-order valence-corrected chi connectivity index (χ3v) is 3.93. The maximum Gasteiger partial charge on any atom is 0.138 e. The Morgan fingerprint density at radius 1 is 1.50 bits per heavy atom. The summed E-state index contributed by atoms with van der Waals surface area (Å²) in [5.41, 5.74) is 9.61. The Morgan fingerprint density at radius 2 is 2.30 bits per heavy atom. The van der Waals surface area contributed by atoms with Crippen molar-refractivity contribution in [2.24, 2.45) is 5.73 Å². The van der Waals surface area contributed by atoms with Crippen LogP contribution in [0.25, 0.3) is 0 Å². The van der Waals surface area contributed by atoms with Crippen molar-refractivity contribution in [2.45, 2.75) is 31.6 Å². The van der Waals surface area contributed by atoms with Crippen molar-refractivity contribution >= 4 is 18.1 Å². The molecule has 2 atom stereocenters. The van der Waals surface area contributed by atoms with Crippen LogP contribution < -0.4 is 10.6 Å². The third-order valence-electron chi connectivity index (χ3n) is 3.80. The summed E-state index contributed by atoms with van der Waals surface area (Å²) in [4.78, 5) is 15.8. The van der Waals surface area contributed by atoms with Gasteiger partial charge in [-0.25, -0.2) is 4.84 Å². The number of rotatable bonds is 6. The Bertz CT molecular complexity index is 492. The molecule has 1 heterocycles. The highest BCUT2D eigenvalue weighted by molar-refractivity contribution is 6.13. The predicted molar refractivity (Wildman–Crippen MR) is 81.3 cm³/mol. The van der Waals surface area contributed by atoms with Crippen molar-refractivity contribution in [1.29, 1.82) is 0 Å². The fourth-order valence-electron chi connectivity index (χ4n) is 2.70. The summed E-state index contributed by atoms with van der Waals surface area (Å²) in [6.07, 6.45) is 3.50. The normalized spacial score (nSPS) is 18.1. The Balaban J connectivity index is 2.17. The number of benzene rings is 1. The number of aldehydes is 1. The molecule has 1 aromatic rings. The SMILES string of the molecule is C=CC(C(N)C=O)N1CCc2ccc(CNCl)cc2C1. The number of hydrogen-bond acceptors (Lipinski definition) is 4. The van der Waals surface area contributed by atoms with Crippen LogP contribution in [-0.2, 0) is 24.3 Å². The first-order valence-electron chi connectivity index (χ1n) is 6.71. The second-order valence-electron chi connectivity index (χ2n) is 5.07. The number of nitrogens with one attached hydrogen (secondary N) is 1. The number of nitrogens with two attached hydrogens (primary N) is 1. The quantitative estimate of drug-likeness (QED) is 0.472. The van der Waals surface area contributed by atoms with Gasteiger partial charge >= 0.3 is 0 Å². The van der Waals surface area contributed by atoms with Crippen molar-refractivity contribution in [3.63, 3.8) is 0 Å². The summed E-state index contributed by atoms with van der Waals surface area (Å²) < 4.78 is 0. The van der Waals surface area contributed by atoms with Gasteiger partial charge < -0.3 is 10.5 Å². The average molecular weight is 294 g/mol. The van der Waals surface area contributed by atoms with Crippen LogP contribution in [0.1, 0.15) is 16.7 Å². The highest BCUT2D eigenvalue weighted by atomic mass is 35.5. The topological polar surface area (TPSA) is 58.4 Å². The molecule has 3 N–H and O–H groups in total. The summed E-state index contributed by atoms with van der Waals surface area (Å²) in [7, 11) is 0. The number of halogens is 1. The minimum atomic E-state index is -0.526. The molecule has 2 rings (SSSR count). The molecule has 1 aromatic carbocycles. The molecule has 0 spiro atoms. The van der Waals surface area contributed by atoms with Gasteiger partial charge in [0, 0.05) is 25.7 Å². The maximum absolute atomic E-state index is 10.9. The van der Waals surface area contributed by atoms with Gasteiger partial charge in [0.05, 0.1) is 6.04 Å². The highest BCUT2D eigenvalue weighted by Crippen LogP contribution is 2.23. The molecule has 20 heavy (non-hydrogen) atoms. The van der Waals surface area contributed by atoms with E-state index in [1.807, 2.05) is 0 Å². The fourth-order valence-corrected chi connectivity index (χ4v) is 2.86. The number of carbonyl (C=O) groups excluding carboxylic acids is 1. The lowest BCUT2D eigenvalue weighted by Gasteiger charge is -2.35. The fraction of sp³-hybridized carbons (Fsp3) is 0.400. The standard InChI is InChI=1S/C15H20ClN3O/c1-2-15(14(17)10-20)19-6-5-12-4-3-11(8-18-16)7-13(12)9-19/h2-4,7,10,14-15,18H,1,5-6,8-9,17H2. The maximum atomic E-state index is 10.9. The molecule has 0 radical (unpaired) electrons. The number of fused-ring (bicyclic) bond motifs is 1. The van der Waals surface area contributed by atoms with E-state index in [2.05, 4.69) is 34.5 Å². The largest absolute Gasteiger partial charge is 0.320 e. The zero-order valence-electron chi connectivity index (χ0n) is 11.4. The first-order valence-corrected chi connectivity index (χ1v) is 7.09. The van der Waals surface area contributed by atoms with Crippen molar-refractivity contribution in [1.82, 2.24) is 9.74 Å². The van der Waals surface area contributed by atoms with Crippen molar-refractivity contribution in [3.8, 4) is 0 Å². The molecule has 0 aliphatic carbocycles. The van der Waals surface area contributed by atoms with Gasteiger partial charge in [-0.3, -0.25) is 4.90 Å². The Kier molecular flexibility index (Phi) is 5.31. The van der Waals surface area contributed by atoms with Crippen molar-refractivity contribution < 1.29 is 4.79 Å². The van der Waals surface area contributed by atoms with Crippen LogP contribution in [0.2, 0.25) is 0 Å². The van der Waals surface area contributed by atoms with Gasteiger partial charge in [-0.15, -0.1) is 6.58 Å². The smallest absolute Gasteiger partial charge is 0.138 e. The first-order chi connectivity index (χ1) is 9.69. The van der Waals surface area contributed by atoms with Crippen LogP contribution in [0.4, 0.5) is 0 Å². The monoisotopic (exact) mass is 293 g/mol. The molecular formula is C15H20ClN3O. The van der Waals surface area contributed by atoms with Gasteiger partial charge in [0.25, 0.3) is 0 Å².